The SMILES string of the molecule is CCCCN1CCc2ccccc2S1(=O)=O. The number of nitrogens with zero attached hydrogens (tertiary/aromatic N) is 1. The maximum absolute atomic E-state index is 12.2. The highest BCUT2D eigenvalue weighted by Gasteiger charge is 2.30. The first kappa shape index (κ1) is 11.6. The number of benzene rings is 1. The van der Waals surface area contributed by atoms with Gasteiger partial charge in [0.25, 0.3) is 0 Å². The van der Waals surface area contributed by atoms with Gasteiger partial charge >= 0.3 is 0 Å². The summed E-state index contributed by atoms with van der Waals surface area (Å²) in [5.41, 5.74) is 0.954. The summed E-state index contributed by atoms with van der Waals surface area (Å²) in [5.74, 6) is 0. The van der Waals surface area contributed by atoms with Crippen molar-refractivity contribution >= 4 is 10.0 Å². The molecule has 0 bridgehead atoms. The molecule has 0 aliphatic carbocycles. The average molecular weight is 239 g/mol. The molecule has 0 unspecified atom stereocenters. The molecule has 0 N–H and O–H groups in total. The number of hydrogen-bond donors (Lipinski definition) is 0. The van der Waals surface area contributed by atoms with Crippen LogP contribution >= 0.6 is 0 Å². The Morgan fingerprint density at radius 3 is 2.81 bits per heavy atom. The molecule has 2 rings (SSSR count). The molecular weight excluding hydrogens is 222 g/mol. The highest BCUT2D eigenvalue weighted by molar-refractivity contribution is 7.89. The Balaban J connectivity index is 2.32. The van der Waals surface area contributed by atoms with Gasteiger partial charge in [0.05, 0.1) is 4.90 Å². The van der Waals surface area contributed by atoms with Crippen LogP contribution < -0.4 is 0 Å². The van der Waals surface area contributed by atoms with Crippen LogP contribution in [-0.4, -0.2) is 25.8 Å². The highest BCUT2D eigenvalue weighted by atomic mass is 32.2. The van der Waals surface area contributed by atoms with E-state index < -0.39 is 10.0 Å². The summed E-state index contributed by atoms with van der Waals surface area (Å²) in [6, 6.07) is 7.31. The number of sulfonamides is 1. The fourth-order valence-corrected chi connectivity index (χ4v) is 3.76. The van der Waals surface area contributed by atoms with Crippen LogP contribution in [0.1, 0.15) is 25.3 Å². The Hall–Kier alpha value is -0.870. The van der Waals surface area contributed by atoms with Gasteiger partial charge in [-0.3, -0.25) is 0 Å². The van der Waals surface area contributed by atoms with Gasteiger partial charge in [-0.05, 0) is 24.5 Å². The van der Waals surface area contributed by atoms with Gasteiger partial charge in [-0.25, -0.2) is 8.42 Å². The first-order valence-electron chi connectivity index (χ1n) is 5.74. The van der Waals surface area contributed by atoms with E-state index in [4.69, 9.17) is 0 Å². The summed E-state index contributed by atoms with van der Waals surface area (Å²) < 4.78 is 26.1. The third kappa shape index (κ3) is 1.99. The summed E-state index contributed by atoms with van der Waals surface area (Å²) >= 11 is 0. The van der Waals surface area contributed by atoms with Gasteiger partial charge in [-0.15, -0.1) is 0 Å². The van der Waals surface area contributed by atoms with E-state index in [0.29, 0.717) is 18.0 Å². The molecule has 0 atom stereocenters. The van der Waals surface area contributed by atoms with Crippen LogP contribution in [-0.2, 0) is 16.4 Å². The highest BCUT2D eigenvalue weighted by Crippen LogP contribution is 2.25. The molecule has 16 heavy (non-hydrogen) atoms. The third-order valence-corrected chi connectivity index (χ3v) is 4.98. The van der Waals surface area contributed by atoms with Gasteiger partial charge in [0.1, 0.15) is 0 Å². The normalized spacial score (nSPS) is 19.3. The second-order valence-corrected chi connectivity index (χ2v) is 6.02. The van der Waals surface area contributed by atoms with E-state index in [9.17, 15) is 8.42 Å². The molecule has 1 aliphatic heterocycles. The topological polar surface area (TPSA) is 37.4 Å². The lowest BCUT2D eigenvalue weighted by Crippen LogP contribution is -2.37. The van der Waals surface area contributed by atoms with E-state index >= 15 is 0 Å². The van der Waals surface area contributed by atoms with Crippen LogP contribution in [0.3, 0.4) is 0 Å². The lowest BCUT2D eigenvalue weighted by atomic mass is 10.1. The summed E-state index contributed by atoms with van der Waals surface area (Å²) in [6.07, 6.45) is 2.79. The monoisotopic (exact) mass is 239 g/mol. The van der Waals surface area contributed by atoms with Crippen molar-refractivity contribution in [3.8, 4) is 0 Å². The molecule has 0 amide bonds. The fraction of sp³-hybridized carbons (Fsp3) is 0.500. The molecular formula is C12H17NO2S. The maximum Gasteiger partial charge on any atom is 0.243 e. The van der Waals surface area contributed by atoms with E-state index in [2.05, 4.69) is 6.92 Å². The van der Waals surface area contributed by atoms with Gasteiger partial charge in [0.15, 0.2) is 0 Å². The molecule has 0 fully saturated rings. The number of fused-ring (bicyclic) bond motifs is 1. The van der Waals surface area contributed by atoms with Crippen molar-refractivity contribution in [1.82, 2.24) is 4.31 Å². The van der Waals surface area contributed by atoms with Crippen molar-refractivity contribution in [3.63, 3.8) is 0 Å². The number of rotatable bonds is 3. The molecule has 4 heteroatoms. The van der Waals surface area contributed by atoms with Gasteiger partial charge in [0, 0.05) is 13.1 Å². The van der Waals surface area contributed by atoms with E-state index in [1.807, 2.05) is 12.1 Å². The Labute approximate surface area is 97.1 Å². The second-order valence-electron chi connectivity index (χ2n) is 4.12. The van der Waals surface area contributed by atoms with Crippen LogP contribution in [0.25, 0.3) is 0 Å². The zero-order chi connectivity index (χ0) is 11.6. The minimum absolute atomic E-state index is 0.498. The first-order chi connectivity index (χ1) is 7.66. The lowest BCUT2D eigenvalue weighted by Gasteiger charge is -2.27. The van der Waals surface area contributed by atoms with Crippen molar-refractivity contribution in [3.05, 3.63) is 29.8 Å². The fourth-order valence-electron chi connectivity index (χ4n) is 2.03. The molecule has 0 saturated carbocycles. The summed E-state index contributed by atoms with van der Waals surface area (Å²) in [7, 11) is -3.22. The van der Waals surface area contributed by atoms with Crippen LogP contribution in [0.5, 0.6) is 0 Å². The molecule has 1 aromatic carbocycles. The Kier molecular flexibility index (Phi) is 3.30. The Bertz CT molecular complexity index is 468. The van der Waals surface area contributed by atoms with Crippen molar-refractivity contribution in [2.24, 2.45) is 0 Å². The number of unbranched alkanes of at least 4 members (excludes halogenated alkanes) is 1. The van der Waals surface area contributed by atoms with Gasteiger partial charge in [-0.1, -0.05) is 31.5 Å². The van der Waals surface area contributed by atoms with E-state index in [1.165, 1.54) is 0 Å². The standard InChI is InChI=1S/C12H17NO2S/c1-2-3-9-13-10-8-11-6-4-5-7-12(11)16(13,14)15/h4-7H,2-3,8-10H2,1H3. The molecule has 88 valence electrons. The predicted octanol–water partition coefficient (Wildman–Crippen LogP) is 2.03. The van der Waals surface area contributed by atoms with E-state index in [-0.39, 0.29) is 0 Å². The minimum Gasteiger partial charge on any atom is -0.207 e. The summed E-state index contributed by atoms with van der Waals surface area (Å²) in [4.78, 5) is 0.498. The van der Waals surface area contributed by atoms with Crippen molar-refractivity contribution in [1.29, 1.82) is 0 Å². The van der Waals surface area contributed by atoms with Crippen LogP contribution in [0.15, 0.2) is 29.2 Å². The molecule has 1 aliphatic rings. The quantitative estimate of drug-likeness (QED) is 0.809. The van der Waals surface area contributed by atoms with E-state index in [1.54, 1.807) is 16.4 Å². The van der Waals surface area contributed by atoms with Crippen LogP contribution in [0.2, 0.25) is 0 Å². The molecule has 0 aromatic heterocycles. The third-order valence-electron chi connectivity index (χ3n) is 2.98. The van der Waals surface area contributed by atoms with Gasteiger partial charge in [0.2, 0.25) is 10.0 Å². The molecule has 1 heterocycles. The van der Waals surface area contributed by atoms with Crippen molar-refractivity contribution < 1.29 is 8.42 Å². The Morgan fingerprint density at radius 2 is 2.06 bits per heavy atom. The molecule has 1 aromatic rings. The largest absolute Gasteiger partial charge is 0.243 e. The maximum atomic E-state index is 12.2. The molecule has 0 spiro atoms. The number of hydrogen-bond acceptors (Lipinski definition) is 2. The zero-order valence-corrected chi connectivity index (χ0v) is 10.3. The van der Waals surface area contributed by atoms with Gasteiger partial charge < -0.3 is 0 Å². The Morgan fingerprint density at radius 1 is 1.31 bits per heavy atom. The van der Waals surface area contributed by atoms with Gasteiger partial charge in [-0.2, -0.15) is 4.31 Å². The van der Waals surface area contributed by atoms with Crippen molar-refractivity contribution in [2.75, 3.05) is 13.1 Å². The summed E-state index contributed by atoms with van der Waals surface area (Å²) in [6.45, 7) is 3.34. The predicted molar refractivity (Wildman–Crippen MR) is 63.8 cm³/mol. The molecule has 0 saturated heterocycles. The second kappa shape index (κ2) is 4.55. The van der Waals surface area contributed by atoms with E-state index in [0.717, 1.165) is 24.8 Å². The lowest BCUT2D eigenvalue weighted by molar-refractivity contribution is 0.394. The molecule has 3 nitrogen and oxygen atoms in total. The zero-order valence-electron chi connectivity index (χ0n) is 9.52. The molecule has 0 radical (unpaired) electrons. The smallest absolute Gasteiger partial charge is 0.207 e. The summed E-state index contributed by atoms with van der Waals surface area (Å²) in [5, 5.41) is 0. The van der Waals surface area contributed by atoms with Crippen LogP contribution in [0, 0.1) is 0 Å². The van der Waals surface area contributed by atoms with Crippen molar-refractivity contribution in [2.45, 2.75) is 31.1 Å². The van der Waals surface area contributed by atoms with Crippen LogP contribution in [0.4, 0.5) is 0 Å². The minimum atomic E-state index is -3.22. The average Bonchev–Trinajstić information content (AvgIpc) is 2.28. The first-order valence-corrected chi connectivity index (χ1v) is 7.18.